The highest BCUT2D eigenvalue weighted by atomic mass is 79.9. The van der Waals surface area contributed by atoms with Crippen molar-refractivity contribution in [2.24, 2.45) is 4.99 Å². The third-order valence-corrected chi connectivity index (χ3v) is 6.10. The van der Waals surface area contributed by atoms with Crippen LogP contribution in [-0.4, -0.2) is 16.3 Å². The molecule has 0 aliphatic rings. The van der Waals surface area contributed by atoms with Gasteiger partial charge >= 0.3 is 0 Å². The highest BCUT2D eigenvalue weighted by molar-refractivity contribution is 9.10. The molecule has 5 heteroatoms. The number of fused-ring (bicyclic) bond motifs is 1. The summed E-state index contributed by atoms with van der Waals surface area (Å²) in [6.45, 7) is 1.05. The molecule has 0 saturated carbocycles. The predicted molar refractivity (Wildman–Crippen MR) is 121 cm³/mol. The molecule has 1 N–H and O–H groups in total. The standard InChI is InChI=1S/C23H21BrN2OS/c24-19-12-10-18(11-13-19)22-16-28-23(26(22)14-3-4-15-27)25-21-9-5-7-17-6-1-2-8-20(17)21/h1-2,5-13,16,27H,3-4,14-15H2. The van der Waals surface area contributed by atoms with Crippen LogP contribution in [0.1, 0.15) is 12.8 Å². The zero-order chi connectivity index (χ0) is 19.3. The van der Waals surface area contributed by atoms with Gasteiger partial charge in [0.1, 0.15) is 0 Å². The molecular weight excluding hydrogens is 432 g/mol. The summed E-state index contributed by atoms with van der Waals surface area (Å²) < 4.78 is 3.34. The molecule has 1 aromatic heterocycles. The number of thiazole rings is 1. The molecule has 0 amide bonds. The van der Waals surface area contributed by atoms with E-state index in [0.717, 1.165) is 45.4 Å². The van der Waals surface area contributed by atoms with Crippen LogP contribution in [0.2, 0.25) is 0 Å². The molecule has 0 aliphatic heterocycles. The molecule has 0 spiro atoms. The number of aromatic nitrogens is 1. The summed E-state index contributed by atoms with van der Waals surface area (Å²) in [5.41, 5.74) is 3.32. The molecule has 1 heterocycles. The van der Waals surface area contributed by atoms with Crippen LogP contribution >= 0.6 is 27.3 Å². The molecule has 3 nitrogen and oxygen atoms in total. The SMILES string of the molecule is OCCCCn1c(-c2ccc(Br)cc2)csc1=Nc1cccc2ccccc12. The molecule has 0 unspecified atom stereocenters. The Labute approximate surface area is 176 Å². The molecule has 0 aliphatic carbocycles. The van der Waals surface area contributed by atoms with Crippen LogP contribution in [0.15, 0.2) is 81.6 Å². The molecule has 0 fully saturated rings. The highest BCUT2D eigenvalue weighted by Crippen LogP contribution is 2.27. The monoisotopic (exact) mass is 452 g/mol. The first-order valence-corrected chi connectivity index (χ1v) is 11.0. The van der Waals surface area contributed by atoms with E-state index in [1.807, 2.05) is 0 Å². The van der Waals surface area contributed by atoms with Crippen LogP contribution in [-0.2, 0) is 6.54 Å². The second-order valence-electron chi connectivity index (χ2n) is 6.60. The van der Waals surface area contributed by atoms with E-state index < -0.39 is 0 Å². The molecule has 3 aromatic carbocycles. The fourth-order valence-corrected chi connectivity index (χ4v) is 4.49. The average Bonchev–Trinajstić information content (AvgIpc) is 3.11. The summed E-state index contributed by atoms with van der Waals surface area (Å²) in [6, 6.07) is 23.0. The molecule has 4 rings (SSSR count). The van der Waals surface area contributed by atoms with Gasteiger partial charge in [-0.25, -0.2) is 4.99 Å². The number of aliphatic hydroxyl groups excluding tert-OH is 1. The van der Waals surface area contributed by atoms with E-state index in [0.29, 0.717) is 0 Å². The second-order valence-corrected chi connectivity index (χ2v) is 8.36. The Bertz CT molecular complexity index is 1140. The van der Waals surface area contributed by atoms with Crippen molar-refractivity contribution in [3.8, 4) is 11.3 Å². The van der Waals surface area contributed by atoms with Crippen molar-refractivity contribution < 1.29 is 5.11 Å². The fourth-order valence-electron chi connectivity index (χ4n) is 3.28. The molecule has 4 aromatic rings. The third kappa shape index (κ3) is 4.12. The van der Waals surface area contributed by atoms with Crippen LogP contribution < -0.4 is 4.80 Å². The van der Waals surface area contributed by atoms with Crippen LogP contribution in [0, 0.1) is 0 Å². The smallest absolute Gasteiger partial charge is 0.190 e. The lowest BCUT2D eigenvalue weighted by Gasteiger charge is -2.09. The van der Waals surface area contributed by atoms with Crippen molar-refractivity contribution in [2.45, 2.75) is 19.4 Å². The van der Waals surface area contributed by atoms with Crippen molar-refractivity contribution >= 4 is 43.7 Å². The quantitative estimate of drug-likeness (QED) is 0.350. The van der Waals surface area contributed by atoms with E-state index in [4.69, 9.17) is 4.99 Å². The molecule has 0 radical (unpaired) electrons. The number of benzene rings is 3. The Hall–Kier alpha value is -2.21. The maximum atomic E-state index is 9.20. The Morgan fingerprint density at radius 3 is 2.54 bits per heavy atom. The van der Waals surface area contributed by atoms with Gasteiger partial charge in [0.2, 0.25) is 0 Å². The summed E-state index contributed by atoms with van der Waals surface area (Å²) in [7, 11) is 0. The Balaban J connectivity index is 1.83. The summed E-state index contributed by atoms with van der Waals surface area (Å²) in [6.07, 6.45) is 1.70. The zero-order valence-corrected chi connectivity index (χ0v) is 17.8. The largest absolute Gasteiger partial charge is 0.396 e. The first-order valence-electron chi connectivity index (χ1n) is 9.34. The maximum Gasteiger partial charge on any atom is 0.190 e. The van der Waals surface area contributed by atoms with E-state index in [9.17, 15) is 5.11 Å². The number of nitrogens with zero attached hydrogens (tertiary/aromatic N) is 2. The zero-order valence-electron chi connectivity index (χ0n) is 15.4. The first-order chi connectivity index (χ1) is 13.8. The number of halogens is 1. The van der Waals surface area contributed by atoms with Gasteiger partial charge in [0.05, 0.1) is 11.4 Å². The first kappa shape index (κ1) is 19.1. The van der Waals surface area contributed by atoms with Crippen molar-refractivity contribution in [3.63, 3.8) is 0 Å². The summed E-state index contributed by atoms with van der Waals surface area (Å²) in [5.74, 6) is 0. The van der Waals surface area contributed by atoms with Gasteiger partial charge in [-0.15, -0.1) is 11.3 Å². The highest BCUT2D eigenvalue weighted by Gasteiger charge is 2.09. The summed E-state index contributed by atoms with van der Waals surface area (Å²) in [5, 5.41) is 13.7. The minimum Gasteiger partial charge on any atom is -0.396 e. The Morgan fingerprint density at radius 1 is 0.929 bits per heavy atom. The minimum absolute atomic E-state index is 0.216. The van der Waals surface area contributed by atoms with Gasteiger partial charge in [0.25, 0.3) is 0 Å². The summed E-state index contributed by atoms with van der Waals surface area (Å²) >= 11 is 5.17. The number of hydrogen-bond donors (Lipinski definition) is 1. The normalized spacial score (nSPS) is 12.0. The maximum absolute atomic E-state index is 9.20. The van der Waals surface area contributed by atoms with E-state index in [1.165, 1.54) is 10.9 Å². The van der Waals surface area contributed by atoms with E-state index >= 15 is 0 Å². The number of aliphatic hydroxyl groups is 1. The Kier molecular flexibility index (Phi) is 6.05. The third-order valence-electron chi connectivity index (χ3n) is 4.71. The second kappa shape index (κ2) is 8.86. The van der Waals surface area contributed by atoms with E-state index in [2.05, 4.69) is 92.6 Å². The Morgan fingerprint density at radius 2 is 1.71 bits per heavy atom. The number of rotatable bonds is 6. The van der Waals surface area contributed by atoms with Crippen LogP contribution in [0.4, 0.5) is 5.69 Å². The molecule has 0 atom stereocenters. The molecular formula is C23H21BrN2OS. The van der Waals surface area contributed by atoms with E-state index in [1.54, 1.807) is 11.3 Å². The van der Waals surface area contributed by atoms with Gasteiger partial charge in [-0.3, -0.25) is 0 Å². The topological polar surface area (TPSA) is 37.5 Å². The van der Waals surface area contributed by atoms with Crippen LogP contribution in [0.3, 0.4) is 0 Å². The lowest BCUT2D eigenvalue weighted by Crippen LogP contribution is -2.16. The van der Waals surface area contributed by atoms with Gasteiger partial charge in [0.15, 0.2) is 4.80 Å². The van der Waals surface area contributed by atoms with Crippen molar-refractivity contribution in [2.75, 3.05) is 6.61 Å². The summed E-state index contributed by atoms with van der Waals surface area (Å²) in [4.78, 5) is 6.00. The fraction of sp³-hybridized carbons (Fsp3) is 0.174. The molecule has 0 saturated heterocycles. The minimum atomic E-state index is 0.216. The van der Waals surface area contributed by atoms with E-state index in [-0.39, 0.29) is 6.61 Å². The van der Waals surface area contributed by atoms with Gasteiger partial charge in [-0.1, -0.05) is 64.5 Å². The van der Waals surface area contributed by atoms with Crippen molar-refractivity contribution in [3.05, 3.63) is 81.4 Å². The lowest BCUT2D eigenvalue weighted by molar-refractivity contribution is 0.281. The number of unbranched alkanes of at least 4 members (excludes halogenated alkanes) is 1. The lowest BCUT2D eigenvalue weighted by atomic mass is 10.1. The number of hydrogen-bond acceptors (Lipinski definition) is 3. The predicted octanol–water partition coefficient (Wildman–Crippen LogP) is 6.14. The van der Waals surface area contributed by atoms with Gasteiger partial charge in [-0.2, -0.15) is 0 Å². The molecule has 28 heavy (non-hydrogen) atoms. The molecule has 142 valence electrons. The van der Waals surface area contributed by atoms with Gasteiger partial charge in [-0.05, 0) is 42.0 Å². The van der Waals surface area contributed by atoms with Gasteiger partial charge in [0, 0.05) is 28.4 Å². The van der Waals surface area contributed by atoms with Crippen LogP contribution in [0.25, 0.3) is 22.0 Å². The van der Waals surface area contributed by atoms with Crippen LogP contribution in [0.5, 0.6) is 0 Å². The average molecular weight is 453 g/mol. The van der Waals surface area contributed by atoms with Crippen molar-refractivity contribution in [1.82, 2.24) is 4.57 Å². The van der Waals surface area contributed by atoms with Gasteiger partial charge < -0.3 is 9.67 Å². The molecule has 0 bridgehead atoms. The van der Waals surface area contributed by atoms with Crippen molar-refractivity contribution in [1.29, 1.82) is 0 Å².